The van der Waals surface area contributed by atoms with Gasteiger partial charge < -0.3 is 10.1 Å². The monoisotopic (exact) mass is 183 g/mol. The van der Waals surface area contributed by atoms with Crippen LogP contribution < -0.4 is 5.32 Å². The standard InChI is InChI=1S/C10H17NO2/c1-3-7-11-9(8-5-6-8)10(12)13-4-2/h3,8-9,11H,1,4-7H2,2H3. The summed E-state index contributed by atoms with van der Waals surface area (Å²) in [5.74, 6) is 0.367. The second-order valence-corrected chi connectivity index (χ2v) is 3.26. The van der Waals surface area contributed by atoms with E-state index in [4.69, 9.17) is 4.74 Å². The van der Waals surface area contributed by atoms with Gasteiger partial charge in [0.25, 0.3) is 0 Å². The maximum absolute atomic E-state index is 11.4. The molecule has 0 aromatic carbocycles. The summed E-state index contributed by atoms with van der Waals surface area (Å²) in [6, 6.07) is -0.113. The number of ether oxygens (including phenoxy) is 1. The minimum atomic E-state index is -0.119. The second kappa shape index (κ2) is 5.02. The van der Waals surface area contributed by atoms with Gasteiger partial charge in [0.15, 0.2) is 0 Å². The lowest BCUT2D eigenvalue weighted by Crippen LogP contribution is -2.39. The van der Waals surface area contributed by atoms with Crippen LogP contribution >= 0.6 is 0 Å². The molecule has 13 heavy (non-hydrogen) atoms. The second-order valence-electron chi connectivity index (χ2n) is 3.26. The van der Waals surface area contributed by atoms with E-state index in [0.717, 1.165) is 12.8 Å². The van der Waals surface area contributed by atoms with Crippen molar-refractivity contribution in [3.63, 3.8) is 0 Å². The van der Waals surface area contributed by atoms with E-state index in [1.807, 2.05) is 6.92 Å². The first-order valence-electron chi connectivity index (χ1n) is 4.80. The number of carbonyl (C=O) groups is 1. The lowest BCUT2D eigenvalue weighted by molar-refractivity contribution is -0.146. The molecule has 0 aliphatic heterocycles. The summed E-state index contributed by atoms with van der Waals surface area (Å²) in [5, 5.41) is 3.12. The highest BCUT2D eigenvalue weighted by atomic mass is 16.5. The first kappa shape index (κ1) is 10.3. The molecule has 3 heteroatoms. The van der Waals surface area contributed by atoms with E-state index in [-0.39, 0.29) is 12.0 Å². The zero-order chi connectivity index (χ0) is 9.68. The van der Waals surface area contributed by atoms with Crippen LogP contribution in [0.5, 0.6) is 0 Å². The first-order chi connectivity index (χ1) is 6.29. The highest BCUT2D eigenvalue weighted by molar-refractivity contribution is 5.76. The van der Waals surface area contributed by atoms with Crippen LogP contribution in [0.2, 0.25) is 0 Å². The highest BCUT2D eigenvalue weighted by Crippen LogP contribution is 2.33. The van der Waals surface area contributed by atoms with Crippen molar-refractivity contribution >= 4 is 5.97 Å². The van der Waals surface area contributed by atoms with Crippen LogP contribution in [0.1, 0.15) is 19.8 Å². The molecular formula is C10H17NO2. The van der Waals surface area contributed by atoms with Gasteiger partial charge in [-0.15, -0.1) is 6.58 Å². The molecule has 74 valence electrons. The van der Waals surface area contributed by atoms with E-state index in [0.29, 0.717) is 19.1 Å². The number of rotatable bonds is 6. The summed E-state index contributed by atoms with van der Waals surface area (Å²) in [6.45, 7) is 6.55. The number of carbonyl (C=O) groups excluding carboxylic acids is 1. The molecule has 1 fully saturated rings. The third kappa shape index (κ3) is 3.19. The van der Waals surface area contributed by atoms with Crippen molar-refractivity contribution in [2.45, 2.75) is 25.8 Å². The summed E-state index contributed by atoms with van der Waals surface area (Å²) >= 11 is 0. The molecule has 0 spiro atoms. The molecule has 0 heterocycles. The molecule has 1 aliphatic rings. The Morgan fingerprint density at radius 1 is 1.77 bits per heavy atom. The van der Waals surface area contributed by atoms with Gasteiger partial charge in [0, 0.05) is 6.54 Å². The Morgan fingerprint density at radius 2 is 2.46 bits per heavy atom. The molecule has 1 saturated carbocycles. The minimum Gasteiger partial charge on any atom is -0.465 e. The van der Waals surface area contributed by atoms with Crippen LogP contribution in [-0.2, 0) is 9.53 Å². The third-order valence-corrected chi connectivity index (χ3v) is 2.12. The van der Waals surface area contributed by atoms with Crippen molar-refractivity contribution in [3.8, 4) is 0 Å². The average molecular weight is 183 g/mol. The zero-order valence-electron chi connectivity index (χ0n) is 8.08. The average Bonchev–Trinajstić information content (AvgIpc) is 2.89. The summed E-state index contributed by atoms with van der Waals surface area (Å²) in [4.78, 5) is 11.4. The Morgan fingerprint density at radius 3 is 2.92 bits per heavy atom. The topological polar surface area (TPSA) is 38.3 Å². The normalized spacial score (nSPS) is 17.9. The van der Waals surface area contributed by atoms with Gasteiger partial charge in [-0.3, -0.25) is 4.79 Å². The van der Waals surface area contributed by atoms with Crippen molar-refractivity contribution < 1.29 is 9.53 Å². The number of hydrogen-bond acceptors (Lipinski definition) is 3. The number of nitrogens with one attached hydrogen (secondary N) is 1. The lowest BCUT2D eigenvalue weighted by Gasteiger charge is -2.14. The SMILES string of the molecule is C=CCNC(C(=O)OCC)C1CC1. The summed E-state index contributed by atoms with van der Waals surface area (Å²) in [5.41, 5.74) is 0. The molecule has 1 atom stereocenters. The maximum Gasteiger partial charge on any atom is 0.323 e. The molecule has 0 radical (unpaired) electrons. The van der Waals surface area contributed by atoms with Crippen molar-refractivity contribution in [2.75, 3.05) is 13.2 Å². The van der Waals surface area contributed by atoms with Gasteiger partial charge in [0.2, 0.25) is 0 Å². The van der Waals surface area contributed by atoms with Gasteiger partial charge in [-0.2, -0.15) is 0 Å². The summed E-state index contributed by atoms with van der Waals surface area (Å²) < 4.78 is 4.97. The van der Waals surface area contributed by atoms with Crippen LogP contribution in [-0.4, -0.2) is 25.2 Å². The van der Waals surface area contributed by atoms with E-state index >= 15 is 0 Å². The number of hydrogen-bond donors (Lipinski definition) is 1. The Labute approximate surface area is 79.2 Å². The highest BCUT2D eigenvalue weighted by Gasteiger charge is 2.36. The molecule has 0 amide bonds. The van der Waals surface area contributed by atoms with Crippen LogP contribution in [0.15, 0.2) is 12.7 Å². The van der Waals surface area contributed by atoms with Crippen LogP contribution in [0.4, 0.5) is 0 Å². The van der Waals surface area contributed by atoms with Gasteiger partial charge in [-0.25, -0.2) is 0 Å². The lowest BCUT2D eigenvalue weighted by atomic mass is 10.2. The fourth-order valence-corrected chi connectivity index (χ4v) is 1.31. The molecule has 0 aromatic rings. The van der Waals surface area contributed by atoms with Crippen LogP contribution in [0.3, 0.4) is 0 Å². The molecule has 1 aliphatic carbocycles. The quantitative estimate of drug-likeness (QED) is 0.495. The van der Waals surface area contributed by atoms with E-state index in [1.165, 1.54) is 0 Å². The van der Waals surface area contributed by atoms with E-state index in [9.17, 15) is 4.79 Å². The Hall–Kier alpha value is -0.830. The maximum atomic E-state index is 11.4. The fourth-order valence-electron chi connectivity index (χ4n) is 1.31. The molecule has 0 saturated heterocycles. The Balaban J connectivity index is 2.36. The van der Waals surface area contributed by atoms with Crippen molar-refractivity contribution in [3.05, 3.63) is 12.7 Å². The van der Waals surface area contributed by atoms with Crippen molar-refractivity contribution in [1.82, 2.24) is 5.32 Å². The van der Waals surface area contributed by atoms with Gasteiger partial charge in [-0.05, 0) is 25.7 Å². The van der Waals surface area contributed by atoms with Crippen molar-refractivity contribution in [2.24, 2.45) is 5.92 Å². The molecule has 0 bridgehead atoms. The van der Waals surface area contributed by atoms with Crippen LogP contribution in [0.25, 0.3) is 0 Å². The van der Waals surface area contributed by atoms with Gasteiger partial charge in [0.05, 0.1) is 6.61 Å². The van der Waals surface area contributed by atoms with Gasteiger partial charge >= 0.3 is 5.97 Å². The number of esters is 1. The Kier molecular flexibility index (Phi) is 3.96. The van der Waals surface area contributed by atoms with E-state index < -0.39 is 0 Å². The minimum absolute atomic E-state index is 0.113. The molecule has 0 aromatic heterocycles. The molecule has 1 unspecified atom stereocenters. The smallest absolute Gasteiger partial charge is 0.323 e. The fraction of sp³-hybridized carbons (Fsp3) is 0.700. The van der Waals surface area contributed by atoms with Gasteiger partial charge in [0.1, 0.15) is 6.04 Å². The molecule has 3 nitrogen and oxygen atoms in total. The van der Waals surface area contributed by atoms with Crippen LogP contribution in [0, 0.1) is 5.92 Å². The van der Waals surface area contributed by atoms with Gasteiger partial charge in [-0.1, -0.05) is 6.08 Å². The Bertz CT molecular complexity index is 187. The van der Waals surface area contributed by atoms with E-state index in [2.05, 4.69) is 11.9 Å². The third-order valence-electron chi connectivity index (χ3n) is 2.12. The largest absolute Gasteiger partial charge is 0.465 e. The molecular weight excluding hydrogens is 166 g/mol. The first-order valence-corrected chi connectivity index (χ1v) is 4.80. The van der Waals surface area contributed by atoms with E-state index in [1.54, 1.807) is 6.08 Å². The summed E-state index contributed by atoms with van der Waals surface area (Å²) in [7, 11) is 0. The van der Waals surface area contributed by atoms with Crippen molar-refractivity contribution in [1.29, 1.82) is 0 Å². The predicted molar refractivity (Wildman–Crippen MR) is 51.3 cm³/mol. The molecule has 1 N–H and O–H groups in total. The molecule has 1 rings (SSSR count). The zero-order valence-corrected chi connectivity index (χ0v) is 8.08. The summed E-state index contributed by atoms with van der Waals surface area (Å²) in [6.07, 6.45) is 4.02. The predicted octanol–water partition coefficient (Wildman–Crippen LogP) is 1.10.